The second kappa shape index (κ2) is 10.3. The fraction of sp³-hybridized carbons (Fsp3) is 0.214. The van der Waals surface area contributed by atoms with Gasteiger partial charge in [-0.3, -0.25) is 9.59 Å². The van der Waals surface area contributed by atoms with E-state index in [0.29, 0.717) is 58.8 Å². The molecule has 0 spiro atoms. The first kappa shape index (κ1) is 23.7. The van der Waals surface area contributed by atoms with Crippen molar-refractivity contribution < 1.29 is 19.1 Å². The molecule has 0 unspecified atom stereocenters. The molecular weight excluding hydrogens is 474 g/mol. The predicted molar refractivity (Wildman–Crippen MR) is 139 cm³/mol. The number of carbonyl (C=O) groups excluding carboxylic acids is 3. The number of benzene rings is 2. The third-order valence-corrected chi connectivity index (χ3v) is 7.22. The number of pyridine rings is 1. The van der Waals surface area contributed by atoms with Gasteiger partial charge in [0.15, 0.2) is 6.61 Å². The topological polar surface area (TPSA) is 79.8 Å². The summed E-state index contributed by atoms with van der Waals surface area (Å²) in [7, 11) is 0. The van der Waals surface area contributed by atoms with Crippen LogP contribution in [0.5, 0.6) is 0 Å². The van der Waals surface area contributed by atoms with Gasteiger partial charge < -0.3 is 14.5 Å². The lowest BCUT2D eigenvalue weighted by molar-refractivity contribution is -0.136. The van der Waals surface area contributed by atoms with Crippen molar-refractivity contribution in [3.63, 3.8) is 0 Å². The number of amides is 2. The summed E-state index contributed by atoms with van der Waals surface area (Å²) in [5, 5.41) is 2.56. The molecule has 8 heteroatoms. The minimum atomic E-state index is -0.553. The third kappa shape index (κ3) is 4.72. The van der Waals surface area contributed by atoms with Crippen molar-refractivity contribution in [2.24, 2.45) is 0 Å². The number of aromatic nitrogens is 1. The van der Waals surface area contributed by atoms with Crippen molar-refractivity contribution in [1.29, 1.82) is 0 Å². The standard InChI is InChI=1S/C28H25N3O4S/c1-19-25(21-10-5-6-11-22(21)29-26(19)20-8-3-2-4-9-20)28(34)35-18-24(32)30-13-15-31(16-14-30)27(33)23-12-7-17-36-23/h2-12,17H,13-16,18H2,1H3. The second-order valence-corrected chi connectivity index (χ2v) is 9.52. The zero-order chi connectivity index (χ0) is 25.1. The van der Waals surface area contributed by atoms with E-state index in [2.05, 4.69) is 0 Å². The lowest BCUT2D eigenvalue weighted by atomic mass is 9.98. The van der Waals surface area contributed by atoms with E-state index in [0.717, 1.165) is 5.56 Å². The van der Waals surface area contributed by atoms with Gasteiger partial charge in [0.25, 0.3) is 11.8 Å². The van der Waals surface area contributed by atoms with E-state index in [-0.39, 0.29) is 18.4 Å². The number of para-hydroxylation sites is 1. The summed E-state index contributed by atoms with van der Waals surface area (Å²) >= 11 is 1.41. The van der Waals surface area contributed by atoms with E-state index < -0.39 is 5.97 Å². The molecule has 7 nitrogen and oxygen atoms in total. The van der Waals surface area contributed by atoms with Gasteiger partial charge in [0.2, 0.25) is 0 Å². The monoisotopic (exact) mass is 499 g/mol. The summed E-state index contributed by atoms with van der Waals surface area (Å²) in [5.74, 6) is -0.841. The van der Waals surface area contributed by atoms with Crippen LogP contribution in [0.4, 0.5) is 0 Å². The average molecular weight is 500 g/mol. The van der Waals surface area contributed by atoms with E-state index >= 15 is 0 Å². The van der Waals surface area contributed by atoms with Crippen LogP contribution in [0.2, 0.25) is 0 Å². The molecule has 0 aliphatic carbocycles. The maximum atomic E-state index is 13.3. The van der Waals surface area contributed by atoms with Crippen LogP contribution in [-0.2, 0) is 9.53 Å². The van der Waals surface area contributed by atoms with E-state index in [9.17, 15) is 14.4 Å². The number of rotatable bonds is 5. The highest BCUT2D eigenvalue weighted by Crippen LogP contribution is 2.30. The Morgan fingerprint density at radius 3 is 2.31 bits per heavy atom. The van der Waals surface area contributed by atoms with Crippen LogP contribution in [0.25, 0.3) is 22.2 Å². The Balaban J connectivity index is 1.28. The minimum absolute atomic E-state index is 0.0159. The summed E-state index contributed by atoms with van der Waals surface area (Å²) in [6.45, 7) is 3.21. The number of piperazine rings is 1. The largest absolute Gasteiger partial charge is 0.452 e. The molecular formula is C28H25N3O4S. The number of thiophene rings is 1. The molecule has 0 radical (unpaired) electrons. The van der Waals surface area contributed by atoms with Crippen molar-refractivity contribution >= 4 is 40.0 Å². The van der Waals surface area contributed by atoms with Crippen LogP contribution in [0.3, 0.4) is 0 Å². The minimum Gasteiger partial charge on any atom is -0.452 e. The van der Waals surface area contributed by atoms with Crippen LogP contribution >= 0.6 is 11.3 Å². The fourth-order valence-electron chi connectivity index (χ4n) is 4.45. The van der Waals surface area contributed by atoms with Crippen LogP contribution in [-0.4, -0.2) is 65.4 Å². The second-order valence-electron chi connectivity index (χ2n) is 8.57. The smallest absolute Gasteiger partial charge is 0.339 e. The summed E-state index contributed by atoms with van der Waals surface area (Å²) in [4.78, 5) is 47.5. The normalized spacial score (nSPS) is 13.6. The Labute approximate surface area is 212 Å². The number of carbonyl (C=O) groups is 3. The Morgan fingerprint density at radius 2 is 1.58 bits per heavy atom. The SMILES string of the molecule is Cc1c(-c2ccccc2)nc2ccccc2c1C(=O)OCC(=O)N1CCN(C(=O)c2cccs2)CC1. The molecule has 3 heterocycles. The Hall–Kier alpha value is -4.04. The Bertz CT molecular complexity index is 1410. The van der Waals surface area contributed by atoms with E-state index in [1.165, 1.54) is 11.3 Å². The summed E-state index contributed by atoms with van der Waals surface area (Å²) in [5.41, 5.74) is 3.42. The molecule has 2 aromatic carbocycles. The fourth-order valence-corrected chi connectivity index (χ4v) is 5.14. The molecule has 0 N–H and O–H groups in total. The molecule has 0 saturated carbocycles. The first-order valence-corrected chi connectivity index (χ1v) is 12.6. The highest BCUT2D eigenvalue weighted by atomic mass is 32.1. The van der Waals surface area contributed by atoms with Crippen LogP contribution < -0.4 is 0 Å². The maximum absolute atomic E-state index is 13.3. The van der Waals surface area contributed by atoms with Crippen LogP contribution in [0.1, 0.15) is 25.6 Å². The van der Waals surface area contributed by atoms with Gasteiger partial charge in [-0.1, -0.05) is 54.6 Å². The summed E-state index contributed by atoms with van der Waals surface area (Å²) in [6, 6.07) is 20.8. The van der Waals surface area contributed by atoms with Gasteiger partial charge in [0.1, 0.15) is 0 Å². The molecule has 1 aliphatic rings. The van der Waals surface area contributed by atoms with Crippen LogP contribution in [0, 0.1) is 6.92 Å². The van der Waals surface area contributed by atoms with Gasteiger partial charge >= 0.3 is 5.97 Å². The zero-order valence-electron chi connectivity index (χ0n) is 19.8. The predicted octanol–water partition coefficient (Wildman–Crippen LogP) is 4.41. The first-order valence-electron chi connectivity index (χ1n) is 11.8. The lowest BCUT2D eigenvalue weighted by Gasteiger charge is -2.34. The number of nitrogens with zero attached hydrogens (tertiary/aromatic N) is 3. The van der Waals surface area contributed by atoms with E-state index in [1.54, 1.807) is 15.9 Å². The molecule has 5 rings (SSSR count). The molecule has 36 heavy (non-hydrogen) atoms. The van der Waals surface area contributed by atoms with Crippen molar-refractivity contribution in [1.82, 2.24) is 14.8 Å². The highest BCUT2D eigenvalue weighted by molar-refractivity contribution is 7.12. The van der Waals surface area contributed by atoms with E-state index in [4.69, 9.17) is 9.72 Å². The molecule has 1 saturated heterocycles. The summed E-state index contributed by atoms with van der Waals surface area (Å²) in [6.07, 6.45) is 0. The number of ether oxygens (including phenoxy) is 1. The van der Waals surface area contributed by atoms with Gasteiger partial charge in [0.05, 0.1) is 21.7 Å². The molecule has 1 fully saturated rings. The van der Waals surface area contributed by atoms with Crippen LogP contribution in [0.15, 0.2) is 72.1 Å². The van der Waals surface area contributed by atoms with E-state index in [1.807, 2.05) is 73.0 Å². The highest BCUT2D eigenvalue weighted by Gasteiger charge is 2.27. The number of fused-ring (bicyclic) bond motifs is 1. The number of esters is 1. The van der Waals surface area contributed by atoms with Crippen molar-refractivity contribution in [2.75, 3.05) is 32.8 Å². The summed E-state index contributed by atoms with van der Waals surface area (Å²) < 4.78 is 5.52. The van der Waals surface area contributed by atoms with Gasteiger partial charge in [-0.2, -0.15) is 0 Å². The molecule has 2 amide bonds. The van der Waals surface area contributed by atoms with Gasteiger partial charge in [-0.25, -0.2) is 9.78 Å². The molecule has 1 aliphatic heterocycles. The molecule has 4 aromatic rings. The van der Waals surface area contributed by atoms with Crippen molar-refractivity contribution in [2.45, 2.75) is 6.92 Å². The maximum Gasteiger partial charge on any atom is 0.339 e. The van der Waals surface area contributed by atoms with Gasteiger partial charge in [-0.15, -0.1) is 11.3 Å². The number of hydrogen-bond acceptors (Lipinski definition) is 6. The molecule has 0 bridgehead atoms. The number of hydrogen-bond donors (Lipinski definition) is 0. The molecule has 2 aromatic heterocycles. The third-order valence-electron chi connectivity index (χ3n) is 6.37. The Morgan fingerprint density at radius 1 is 0.889 bits per heavy atom. The first-order chi connectivity index (χ1) is 17.5. The van der Waals surface area contributed by atoms with Gasteiger partial charge in [-0.05, 0) is 30.0 Å². The average Bonchev–Trinajstić information content (AvgIpc) is 3.46. The lowest BCUT2D eigenvalue weighted by Crippen LogP contribution is -2.51. The molecule has 182 valence electrons. The molecule has 0 atom stereocenters. The quantitative estimate of drug-likeness (QED) is 0.380. The van der Waals surface area contributed by atoms with Gasteiger partial charge in [0, 0.05) is 37.1 Å². The van der Waals surface area contributed by atoms with Crippen molar-refractivity contribution in [3.8, 4) is 11.3 Å². The van der Waals surface area contributed by atoms with Crippen molar-refractivity contribution in [3.05, 3.63) is 88.1 Å². The zero-order valence-corrected chi connectivity index (χ0v) is 20.7. The Kier molecular flexibility index (Phi) is 6.77.